The van der Waals surface area contributed by atoms with Gasteiger partial charge in [0, 0.05) is 54.2 Å². The molecular formula is C19H26ClN5. The summed E-state index contributed by atoms with van der Waals surface area (Å²) in [6, 6.07) is 10.1. The second kappa shape index (κ2) is 7.08. The van der Waals surface area contributed by atoms with Crippen LogP contribution in [0.15, 0.2) is 30.3 Å². The molecule has 25 heavy (non-hydrogen) atoms. The number of aryl methyl sites for hydroxylation is 1. The van der Waals surface area contributed by atoms with Crippen molar-refractivity contribution in [3.63, 3.8) is 0 Å². The Hall–Kier alpha value is -2.01. The van der Waals surface area contributed by atoms with Gasteiger partial charge in [-0.05, 0) is 45.9 Å². The minimum atomic E-state index is -0.0592. The van der Waals surface area contributed by atoms with Crippen LogP contribution in [0, 0.1) is 6.92 Å². The van der Waals surface area contributed by atoms with Crippen molar-refractivity contribution in [2.75, 3.05) is 41.3 Å². The lowest BCUT2D eigenvalue weighted by Gasteiger charge is -2.37. The van der Waals surface area contributed by atoms with Crippen LogP contribution in [0.3, 0.4) is 0 Å². The first-order chi connectivity index (χ1) is 11.8. The zero-order valence-electron chi connectivity index (χ0n) is 15.4. The number of aromatic nitrogens is 2. The molecule has 6 heteroatoms. The molecule has 0 aliphatic carbocycles. The molecule has 134 valence electrons. The van der Waals surface area contributed by atoms with Gasteiger partial charge in [-0.3, -0.25) is 0 Å². The molecule has 2 aromatic rings. The molecule has 1 N–H and O–H groups in total. The second-order valence-corrected chi connectivity index (χ2v) is 7.96. The maximum atomic E-state index is 6.12. The van der Waals surface area contributed by atoms with Crippen LogP contribution in [0.4, 0.5) is 17.5 Å². The summed E-state index contributed by atoms with van der Waals surface area (Å²) in [6.45, 7) is 12.1. The molecule has 1 aromatic carbocycles. The maximum absolute atomic E-state index is 6.12. The molecule has 2 heterocycles. The van der Waals surface area contributed by atoms with Gasteiger partial charge in [0.15, 0.2) is 0 Å². The Morgan fingerprint density at radius 3 is 2.32 bits per heavy atom. The normalized spacial score (nSPS) is 15.4. The summed E-state index contributed by atoms with van der Waals surface area (Å²) in [5.41, 5.74) is 2.10. The van der Waals surface area contributed by atoms with Gasteiger partial charge in [-0.1, -0.05) is 17.7 Å². The molecule has 5 nitrogen and oxygen atoms in total. The molecule has 1 aliphatic heterocycles. The largest absolute Gasteiger partial charge is 0.368 e. The number of halogens is 1. The minimum absolute atomic E-state index is 0.0592. The summed E-state index contributed by atoms with van der Waals surface area (Å²) < 4.78 is 0. The van der Waals surface area contributed by atoms with Crippen LogP contribution in [0.5, 0.6) is 0 Å². The lowest BCUT2D eigenvalue weighted by Crippen LogP contribution is -2.47. The number of nitrogens with one attached hydrogen (secondary N) is 1. The van der Waals surface area contributed by atoms with E-state index in [1.807, 2.05) is 25.1 Å². The third-order valence-corrected chi connectivity index (χ3v) is 4.34. The first-order valence-corrected chi connectivity index (χ1v) is 9.07. The highest BCUT2D eigenvalue weighted by Crippen LogP contribution is 2.23. The summed E-state index contributed by atoms with van der Waals surface area (Å²) in [5, 5.41) is 4.15. The monoisotopic (exact) mass is 359 g/mol. The SMILES string of the molecule is Cc1cc(N2CCN(c3cccc(Cl)c3)CC2)nc(NC(C)(C)C)n1. The molecule has 0 radical (unpaired) electrons. The summed E-state index contributed by atoms with van der Waals surface area (Å²) >= 11 is 6.12. The molecular weight excluding hydrogens is 334 g/mol. The number of piperazine rings is 1. The highest BCUT2D eigenvalue weighted by atomic mass is 35.5. The molecule has 1 aliphatic rings. The smallest absolute Gasteiger partial charge is 0.225 e. The third kappa shape index (κ3) is 4.75. The van der Waals surface area contributed by atoms with E-state index >= 15 is 0 Å². The van der Waals surface area contributed by atoms with Gasteiger partial charge in [0.1, 0.15) is 5.82 Å². The minimum Gasteiger partial charge on any atom is -0.368 e. The van der Waals surface area contributed by atoms with Crippen LogP contribution >= 0.6 is 11.6 Å². The van der Waals surface area contributed by atoms with Crippen LogP contribution in [-0.4, -0.2) is 41.7 Å². The highest BCUT2D eigenvalue weighted by molar-refractivity contribution is 6.30. The Labute approximate surface area is 155 Å². The number of nitrogens with zero attached hydrogens (tertiary/aromatic N) is 4. The topological polar surface area (TPSA) is 44.3 Å². The van der Waals surface area contributed by atoms with Gasteiger partial charge < -0.3 is 15.1 Å². The fraction of sp³-hybridized carbons (Fsp3) is 0.474. The van der Waals surface area contributed by atoms with Crippen molar-refractivity contribution in [2.45, 2.75) is 33.2 Å². The standard InChI is InChI=1S/C19H26ClN5/c1-14-12-17(22-18(21-14)23-19(2,3)4)25-10-8-24(9-11-25)16-7-5-6-15(20)13-16/h5-7,12-13H,8-11H2,1-4H3,(H,21,22,23). The zero-order valence-corrected chi connectivity index (χ0v) is 16.1. The molecule has 1 fully saturated rings. The van der Waals surface area contributed by atoms with Gasteiger partial charge >= 0.3 is 0 Å². The Morgan fingerprint density at radius 2 is 1.68 bits per heavy atom. The Morgan fingerprint density at radius 1 is 1.00 bits per heavy atom. The Bertz CT molecular complexity index is 733. The van der Waals surface area contributed by atoms with Gasteiger partial charge in [-0.2, -0.15) is 4.98 Å². The van der Waals surface area contributed by atoms with Gasteiger partial charge in [0.25, 0.3) is 0 Å². The maximum Gasteiger partial charge on any atom is 0.225 e. The second-order valence-electron chi connectivity index (χ2n) is 7.52. The van der Waals surface area contributed by atoms with E-state index in [1.54, 1.807) is 0 Å². The van der Waals surface area contributed by atoms with Crippen molar-refractivity contribution in [3.8, 4) is 0 Å². The van der Waals surface area contributed by atoms with Crippen molar-refractivity contribution in [2.24, 2.45) is 0 Å². The van der Waals surface area contributed by atoms with E-state index in [1.165, 1.54) is 5.69 Å². The molecule has 1 saturated heterocycles. The van der Waals surface area contributed by atoms with E-state index in [2.05, 4.69) is 53.0 Å². The number of hydrogen-bond donors (Lipinski definition) is 1. The van der Waals surface area contributed by atoms with Gasteiger partial charge in [0.05, 0.1) is 0 Å². The van der Waals surface area contributed by atoms with Gasteiger partial charge in [0.2, 0.25) is 5.95 Å². The third-order valence-electron chi connectivity index (χ3n) is 4.10. The molecule has 3 rings (SSSR count). The van der Waals surface area contributed by atoms with Crippen molar-refractivity contribution < 1.29 is 0 Å². The molecule has 0 atom stereocenters. The fourth-order valence-electron chi connectivity index (χ4n) is 2.97. The molecule has 0 saturated carbocycles. The van der Waals surface area contributed by atoms with Gasteiger partial charge in [-0.25, -0.2) is 4.98 Å². The molecule has 0 unspecified atom stereocenters. The predicted molar refractivity (Wildman–Crippen MR) is 106 cm³/mol. The zero-order chi connectivity index (χ0) is 18.0. The van der Waals surface area contributed by atoms with Crippen molar-refractivity contribution >= 4 is 29.1 Å². The molecule has 0 bridgehead atoms. The molecule has 0 spiro atoms. The van der Waals surface area contributed by atoms with Crippen LogP contribution in [0.1, 0.15) is 26.5 Å². The molecule has 0 amide bonds. The van der Waals surface area contributed by atoms with E-state index in [0.29, 0.717) is 5.95 Å². The van der Waals surface area contributed by atoms with E-state index in [9.17, 15) is 0 Å². The predicted octanol–water partition coefficient (Wildman–Crippen LogP) is 3.98. The van der Waals surface area contributed by atoms with Crippen molar-refractivity contribution in [1.82, 2.24) is 9.97 Å². The summed E-state index contributed by atoms with van der Waals surface area (Å²) in [6.07, 6.45) is 0. The van der Waals surface area contributed by atoms with Crippen LogP contribution < -0.4 is 15.1 Å². The average Bonchev–Trinajstić information content (AvgIpc) is 2.53. The van der Waals surface area contributed by atoms with Crippen LogP contribution in [-0.2, 0) is 0 Å². The number of hydrogen-bond acceptors (Lipinski definition) is 5. The Kier molecular flexibility index (Phi) is 5.04. The van der Waals surface area contributed by atoms with Gasteiger partial charge in [-0.15, -0.1) is 0 Å². The fourth-order valence-corrected chi connectivity index (χ4v) is 3.16. The van der Waals surface area contributed by atoms with Crippen molar-refractivity contribution in [3.05, 3.63) is 41.0 Å². The van der Waals surface area contributed by atoms with Crippen LogP contribution in [0.25, 0.3) is 0 Å². The van der Waals surface area contributed by atoms with Crippen molar-refractivity contribution in [1.29, 1.82) is 0 Å². The number of benzene rings is 1. The lowest BCUT2D eigenvalue weighted by atomic mass is 10.1. The highest BCUT2D eigenvalue weighted by Gasteiger charge is 2.20. The molecule has 1 aromatic heterocycles. The van der Waals surface area contributed by atoms with Crippen LogP contribution in [0.2, 0.25) is 5.02 Å². The first-order valence-electron chi connectivity index (χ1n) is 8.69. The van der Waals surface area contributed by atoms with E-state index < -0.39 is 0 Å². The summed E-state index contributed by atoms with van der Waals surface area (Å²) in [4.78, 5) is 13.9. The van der Waals surface area contributed by atoms with E-state index in [-0.39, 0.29) is 5.54 Å². The number of anilines is 3. The number of rotatable bonds is 3. The first kappa shape index (κ1) is 17.8. The lowest BCUT2D eigenvalue weighted by molar-refractivity contribution is 0.621. The summed E-state index contributed by atoms with van der Waals surface area (Å²) in [5.74, 6) is 1.68. The van der Waals surface area contributed by atoms with E-state index in [0.717, 1.165) is 42.7 Å². The van der Waals surface area contributed by atoms with E-state index in [4.69, 9.17) is 16.6 Å². The quantitative estimate of drug-likeness (QED) is 0.898. The summed E-state index contributed by atoms with van der Waals surface area (Å²) in [7, 11) is 0. The Balaban J connectivity index is 1.70. The average molecular weight is 360 g/mol.